The highest BCUT2D eigenvalue weighted by Gasteiger charge is 2.17. The van der Waals surface area contributed by atoms with Crippen LogP contribution in [0.5, 0.6) is 0 Å². The fraction of sp³-hybridized carbons (Fsp3) is 0.111. The normalized spacial score (nSPS) is 10.8. The van der Waals surface area contributed by atoms with Gasteiger partial charge in [-0.1, -0.05) is 78.6 Å². The van der Waals surface area contributed by atoms with Crippen molar-refractivity contribution in [1.82, 2.24) is 0 Å². The Balaban J connectivity index is 0.000000222. The van der Waals surface area contributed by atoms with E-state index >= 15 is 0 Å². The van der Waals surface area contributed by atoms with E-state index in [1.807, 2.05) is 23.5 Å². The van der Waals surface area contributed by atoms with E-state index in [2.05, 4.69) is 74.8 Å². The number of benzene rings is 2. The average molecular weight is 313 g/mol. The number of hydrogen-bond acceptors (Lipinski definition) is 1. The zero-order chi connectivity index (χ0) is 15.6. The molecule has 0 spiro atoms. The third-order valence-corrected chi connectivity index (χ3v) is 8.41. The first-order valence-corrected chi connectivity index (χ1v) is 11.7. The van der Waals surface area contributed by atoms with Crippen LogP contribution in [0.15, 0.2) is 85.2 Å². The van der Waals surface area contributed by atoms with Crippen LogP contribution >= 0.6 is 0 Å². The lowest BCUT2D eigenvalue weighted by Crippen LogP contribution is -2.30. The van der Waals surface area contributed by atoms with Crippen LogP contribution in [0.2, 0.25) is 13.1 Å². The molecule has 0 fully saturated rings. The summed E-state index contributed by atoms with van der Waals surface area (Å²) in [5.41, 5.74) is 6.38. The molecule has 0 aromatic heterocycles. The molecule has 0 saturated heterocycles. The lowest BCUT2D eigenvalue weighted by atomic mass is 10.1. The van der Waals surface area contributed by atoms with E-state index in [1.165, 1.54) is 11.1 Å². The number of rotatable bonds is 5. The highest BCUT2D eigenvalue weighted by molar-refractivity contribution is 6.84. The van der Waals surface area contributed by atoms with Gasteiger partial charge in [-0.05, 0) is 17.7 Å². The van der Waals surface area contributed by atoms with Gasteiger partial charge in [-0.15, -0.1) is 13.2 Å². The molecule has 3 heteroatoms. The van der Waals surface area contributed by atoms with Crippen LogP contribution in [-0.2, 0) is 4.12 Å². The quantitative estimate of drug-likeness (QED) is 0.738. The van der Waals surface area contributed by atoms with Crippen LogP contribution in [0, 0.1) is 0 Å². The summed E-state index contributed by atoms with van der Waals surface area (Å²) in [7, 11) is -1.90. The summed E-state index contributed by atoms with van der Waals surface area (Å²) in [5, 5.41) is 0. The van der Waals surface area contributed by atoms with Gasteiger partial charge in [-0.2, -0.15) is 0 Å². The molecule has 0 unspecified atom stereocenters. The van der Waals surface area contributed by atoms with E-state index in [0.717, 1.165) is 0 Å². The highest BCUT2D eigenvalue weighted by atomic mass is 28.4. The van der Waals surface area contributed by atoms with Crippen molar-refractivity contribution < 1.29 is 4.12 Å². The Morgan fingerprint density at radius 2 is 1.24 bits per heavy atom. The van der Waals surface area contributed by atoms with Gasteiger partial charge >= 0.3 is 0 Å². The van der Waals surface area contributed by atoms with Crippen LogP contribution < -0.4 is 0 Å². The van der Waals surface area contributed by atoms with Gasteiger partial charge in [-0.25, -0.2) is 0 Å². The van der Waals surface area contributed by atoms with Crippen molar-refractivity contribution >= 4 is 18.1 Å². The Labute approximate surface area is 132 Å². The minimum atomic E-state index is -1.61. The molecule has 2 aromatic carbocycles. The molecule has 2 aromatic rings. The minimum Gasteiger partial charge on any atom is -0.455 e. The Morgan fingerprint density at radius 1 is 0.857 bits per heavy atom. The van der Waals surface area contributed by atoms with Crippen molar-refractivity contribution in [2.45, 2.75) is 13.1 Å². The first-order valence-electron chi connectivity index (χ1n) is 7.17. The van der Waals surface area contributed by atoms with Crippen molar-refractivity contribution in [3.8, 4) is 11.1 Å². The molecule has 1 nitrogen and oxygen atoms in total. The van der Waals surface area contributed by atoms with E-state index < -0.39 is 8.32 Å². The molecule has 110 valence electrons. The molecular weight excluding hydrogens is 288 g/mol. The van der Waals surface area contributed by atoms with Crippen molar-refractivity contribution in [1.29, 1.82) is 0 Å². The summed E-state index contributed by atoms with van der Waals surface area (Å²) < 4.78 is 5.57. The van der Waals surface area contributed by atoms with E-state index in [9.17, 15) is 0 Å². The lowest BCUT2D eigenvalue weighted by molar-refractivity contribution is 0.616. The van der Waals surface area contributed by atoms with Crippen molar-refractivity contribution in [3.63, 3.8) is 0 Å². The summed E-state index contributed by atoms with van der Waals surface area (Å²) >= 11 is 0. The smallest absolute Gasteiger partial charge is 0.225 e. The monoisotopic (exact) mass is 312 g/mol. The molecule has 0 aliphatic heterocycles. The fourth-order valence-electron chi connectivity index (χ4n) is 1.77. The molecule has 0 saturated carbocycles. The maximum atomic E-state index is 5.57. The summed E-state index contributed by atoms with van der Waals surface area (Å²) in [6.45, 7) is 11.6. The van der Waals surface area contributed by atoms with Crippen molar-refractivity contribution in [2.24, 2.45) is 0 Å². The van der Waals surface area contributed by atoms with Gasteiger partial charge in [0.2, 0.25) is 8.32 Å². The van der Waals surface area contributed by atoms with Crippen LogP contribution in [-0.4, -0.2) is 18.1 Å². The summed E-state index contributed by atoms with van der Waals surface area (Å²) in [6, 6.07) is 20.8. The molecule has 0 aliphatic rings. The number of hydrogen-bond donors (Lipinski definition) is 0. The van der Waals surface area contributed by atoms with Crippen LogP contribution in [0.4, 0.5) is 0 Å². The second-order valence-corrected chi connectivity index (χ2v) is 9.67. The van der Waals surface area contributed by atoms with E-state index in [-0.39, 0.29) is 9.76 Å². The van der Waals surface area contributed by atoms with E-state index in [1.54, 1.807) is 0 Å². The van der Waals surface area contributed by atoms with Crippen LogP contribution in [0.3, 0.4) is 0 Å². The molecule has 0 atom stereocenters. The Morgan fingerprint density at radius 3 is 1.48 bits per heavy atom. The standard InChI is InChI=1S/C12H10.C6H14OSi2/c1-3-7-11(8-4-1)12-9-5-2-6-10-12;1-5-9(4,6-2)7-8-3/h1-10H;5-6H,1-2,8H2,3-4H3. The SMILES string of the molecule is C=C[Si](C)(C=C)O[SiH2]C.c1ccc(-c2ccccc2)cc1. The molecule has 0 amide bonds. The highest BCUT2D eigenvalue weighted by Crippen LogP contribution is 2.17. The van der Waals surface area contributed by atoms with Gasteiger partial charge in [0, 0.05) is 0 Å². The summed E-state index contributed by atoms with van der Waals surface area (Å²) in [5.74, 6) is 0. The molecule has 0 aliphatic carbocycles. The Hall–Kier alpha value is -1.69. The van der Waals surface area contributed by atoms with Gasteiger partial charge in [0.1, 0.15) is 9.76 Å². The predicted octanol–water partition coefficient (Wildman–Crippen LogP) is 4.51. The predicted molar refractivity (Wildman–Crippen MR) is 99.4 cm³/mol. The second-order valence-electron chi connectivity index (χ2n) is 4.76. The molecule has 0 heterocycles. The minimum absolute atomic E-state index is 0.293. The maximum absolute atomic E-state index is 5.57. The van der Waals surface area contributed by atoms with Gasteiger partial charge in [0.15, 0.2) is 0 Å². The lowest BCUT2D eigenvalue weighted by Gasteiger charge is -2.17. The Bertz CT molecular complexity index is 492. The summed E-state index contributed by atoms with van der Waals surface area (Å²) in [4.78, 5) is 0. The summed E-state index contributed by atoms with van der Waals surface area (Å²) in [6.07, 6.45) is 0. The largest absolute Gasteiger partial charge is 0.455 e. The first kappa shape index (κ1) is 17.4. The molecule has 0 bridgehead atoms. The first-order chi connectivity index (χ1) is 10.1. The van der Waals surface area contributed by atoms with Crippen LogP contribution in [0.25, 0.3) is 11.1 Å². The van der Waals surface area contributed by atoms with Crippen molar-refractivity contribution in [3.05, 3.63) is 85.2 Å². The van der Waals surface area contributed by atoms with E-state index in [4.69, 9.17) is 4.12 Å². The molecule has 21 heavy (non-hydrogen) atoms. The topological polar surface area (TPSA) is 9.23 Å². The van der Waals surface area contributed by atoms with Gasteiger partial charge < -0.3 is 4.12 Å². The van der Waals surface area contributed by atoms with E-state index in [0.29, 0.717) is 0 Å². The molecule has 0 radical (unpaired) electrons. The molecule has 2 rings (SSSR count). The fourth-order valence-corrected chi connectivity index (χ4v) is 5.37. The average Bonchev–Trinajstić information content (AvgIpc) is 2.57. The second kappa shape index (κ2) is 9.29. The third-order valence-electron chi connectivity index (χ3n) is 3.15. The van der Waals surface area contributed by atoms with Gasteiger partial charge in [0.05, 0.1) is 0 Å². The zero-order valence-corrected chi connectivity index (χ0v) is 15.4. The zero-order valence-electron chi connectivity index (χ0n) is 13.0. The maximum Gasteiger partial charge on any atom is 0.225 e. The Kier molecular flexibility index (Phi) is 7.68. The van der Waals surface area contributed by atoms with Gasteiger partial charge in [-0.3, -0.25) is 0 Å². The van der Waals surface area contributed by atoms with Crippen molar-refractivity contribution in [2.75, 3.05) is 0 Å². The third kappa shape index (κ3) is 6.08. The molecule has 0 N–H and O–H groups in total. The van der Waals surface area contributed by atoms with Gasteiger partial charge in [0.25, 0.3) is 0 Å². The molecular formula is C18H24OSi2. The van der Waals surface area contributed by atoms with Crippen LogP contribution in [0.1, 0.15) is 0 Å².